The molecule has 26 heavy (non-hydrogen) atoms. The van der Waals surface area contributed by atoms with Crippen LogP contribution in [0, 0.1) is 0 Å². The van der Waals surface area contributed by atoms with Crippen molar-refractivity contribution < 1.29 is 0 Å². The summed E-state index contributed by atoms with van der Waals surface area (Å²) < 4.78 is 4.59. The van der Waals surface area contributed by atoms with E-state index in [0.717, 1.165) is 34.1 Å². The Morgan fingerprint density at radius 3 is 2.15 bits per heavy atom. The molecule has 2 aromatic carbocycles. The predicted octanol–water partition coefficient (Wildman–Crippen LogP) is 6.73. The number of rotatable bonds is 8. The van der Waals surface area contributed by atoms with Crippen molar-refractivity contribution in [3.05, 3.63) is 87.3 Å². The molecular formula is C21H22Br2N2S. The Bertz CT molecular complexity index is 750. The molecule has 136 valence electrons. The van der Waals surface area contributed by atoms with Crippen molar-refractivity contribution in [2.45, 2.75) is 36.8 Å². The zero-order chi connectivity index (χ0) is 18.4. The van der Waals surface area contributed by atoms with Gasteiger partial charge in [0.15, 0.2) is 0 Å². The van der Waals surface area contributed by atoms with Crippen LogP contribution in [0.25, 0.3) is 0 Å². The Balaban J connectivity index is 1.68. The highest BCUT2D eigenvalue weighted by atomic mass is 79.9. The van der Waals surface area contributed by atoms with Crippen LogP contribution < -0.4 is 0 Å². The molecule has 0 saturated carbocycles. The molecule has 2 nitrogen and oxygen atoms in total. The monoisotopic (exact) mass is 492 g/mol. The lowest BCUT2D eigenvalue weighted by molar-refractivity contribution is 0.495. The molecule has 0 bridgehead atoms. The molecule has 1 heterocycles. The van der Waals surface area contributed by atoms with Gasteiger partial charge in [-0.3, -0.25) is 0 Å². The molecule has 0 aliphatic carbocycles. The molecule has 5 heteroatoms. The summed E-state index contributed by atoms with van der Waals surface area (Å²) >= 11 is 9.06. The first-order valence-corrected chi connectivity index (χ1v) is 11.2. The minimum Gasteiger partial charge on any atom is -0.336 e. The summed E-state index contributed by atoms with van der Waals surface area (Å²) in [6, 6.07) is 17.3. The molecule has 1 aromatic heterocycles. The number of halogens is 2. The van der Waals surface area contributed by atoms with Crippen LogP contribution in [0.2, 0.25) is 0 Å². The van der Waals surface area contributed by atoms with Gasteiger partial charge >= 0.3 is 0 Å². The number of thioether (sulfide) groups is 1. The van der Waals surface area contributed by atoms with Crippen LogP contribution in [-0.4, -0.2) is 14.3 Å². The molecule has 0 radical (unpaired) electrons. The second kappa shape index (κ2) is 9.25. The van der Waals surface area contributed by atoms with E-state index in [1.54, 1.807) is 0 Å². The lowest BCUT2D eigenvalue weighted by Crippen LogP contribution is -2.27. The largest absolute Gasteiger partial charge is 0.336 e. The van der Waals surface area contributed by atoms with Crippen molar-refractivity contribution in [1.29, 1.82) is 0 Å². The Kier molecular flexibility index (Phi) is 7.01. The van der Waals surface area contributed by atoms with Gasteiger partial charge in [-0.25, -0.2) is 4.98 Å². The van der Waals surface area contributed by atoms with Gasteiger partial charge < -0.3 is 4.57 Å². The molecule has 0 saturated heterocycles. The molecule has 3 aromatic rings. The summed E-state index contributed by atoms with van der Waals surface area (Å²) in [4.78, 5) is 4.21. The molecular weight excluding hydrogens is 472 g/mol. The third-order valence-electron chi connectivity index (χ3n) is 4.43. The van der Waals surface area contributed by atoms with Crippen molar-refractivity contribution in [3.63, 3.8) is 0 Å². The van der Waals surface area contributed by atoms with Crippen LogP contribution in [0.3, 0.4) is 0 Å². The Morgan fingerprint density at radius 2 is 1.58 bits per heavy atom. The molecule has 3 rings (SSSR count). The Labute approximate surface area is 176 Å². The van der Waals surface area contributed by atoms with Crippen molar-refractivity contribution in [1.82, 2.24) is 9.55 Å². The lowest BCUT2D eigenvalue weighted by Gasteiger charge is -2.30. The van der Waals surface area contributed by atoms with E-state index in [0.29, 0.717) is 0 Å². The number of nitrogens with zero attached hydrogens (tertiary/aromatic N) is 2. The third-order valence-corrected chi connectivity index (χ3v) is 7.00. The number of aromatic nitrogens is 2. The first-order valence-electron chi connectivity index (χ1n) is 8.61. The van der Waals surface area contributed by atoms with Crippen molar-refractivity contribution in [2.75, 3.05) is 0 Å². The van der Waals surface area contributed by atoms with Gasteiger partial charge in [-0.05, 0) is 55.2 Å². The topological polar surface area (TPSA) is 17.8 Å². The molecule has 0 amide bonds. The summed E-state index contributed by atoms with van der Waals surface area (Å²) in [5.41, 5.74) is 2.74. The fourth-order valence-electron chi connectivity index (χ4n) is 2.86. The van der Waals surface area contributed by atoms with Gasteiger partial charge in [-0.2, -0.15) is 0 Å². The molecule has 0 aliphatic rings. The maximum Gasteiger partial charge on any atom is 0.0946 e. The number of hydrogen-bond donors (Lipinski definition) is 0. The highest BCUT2D eigenvalue weighted by Gasteiger charge is 2.25. The van der Waals surface area contributed by atoms with Gasteiger partial charge in [0, 0.05) is 38.4 Å². The quantitative estimate of drug-likeness (QED) is 0.346. The van der Waals surface area contributed by atoms with E-state index in [9.17, 15) is 0 Å². The minimum absolute atomic E-state index is 0.140. The second-order valence-electron chi connectivity index (χ2n) is 6.73. The van der Waals surface area contributed by atoms with Crippen LogP contribution in [0.5, 0.6) is 0 Å². The van der Waals surface area contributed by atoms with Gasteiger partial charge in [-0.15, -0.1) is 11.8 Å². The van der Waals surface area contributed by atoms with Crippen LogP contribution in [-0.2, 0) is 18.7 Å². The molecule has 0 fully saturated rings. The zero-order valence-corrected chi connectivity index (χ0v) is 18.7. The third kappa shape index (κ3) is 6.00. The summed E-state index contributed by atoms with van der Waals surface area (Å²) in [7, 11) is 0. The molecule has 1 atom stereocenters. The van der Waals surface area contributed by atoms with E-state index in [1.807, 2.05) is 24.3 Å². The standard InChI is InChI=1S/C21H22Br2N2S/c1-21(15-25-13-12-24-16-25,11-10-17-2-6-19(22)7-3-17)26-14-18-4-8-20(23)9-5-18/h2-9,12-13,16H,10-11,14-15H2,1H3. The highest BCUT2D eigenvalue weighted by molar-refractivity contribution is 9.10. The molecule has 0 spiro atoms. The average Bonchev–Trinajstić information content (AvgIpc) is 3.14. The van der Waals surface area contributed by atoms with E-state index >= 15 is 0 Å². The maximum absolute atomic E-state index is 4.21. The smallest absolute Gasteiger partial charge is 0.0946 e. The summed E-state index contributed by atoms with van der Waals surface area (Å²) in [5, 5.41) is 0. The van der Waals surface area contributed by atoms with Gasteiger partial charge in [0.2, 0.25) is 0 Å². The predicted molar refractivity (Wildman–Crippen MR) is 119 cm³/mol. The maximum atomic E-state index is 4.21. The van der Waals surface area contributed by atoms with Crippen molar-refractivity contribution in [3.8, 4) is 0 Å². The number of imidazole rings is 1. The molecule has 1 unspecified atom stereocenters. The first-order chi connectivity index (χ1) is 12.5. The van der Waals surface area contributed by atoms with E-state index in [-0.39, 0.29) is 4.75 Å². The fraction of sp³-hybridized carbons (Fsp3) is 0.286. The SMILES string of the molecule is CC(CCc1ccc(Br)cc1)(Cn1ccnc1)SCc1ccc(Br)cc1. The number of hydrogen-bond acceptors (Lipinski definition) is 2. The summed E-state index contributed by atoms with van der Waals surface area (Å²) in [5.74, 6) is 1.01. The zero-order valence-electron chi connectivity index (χ0n) is 14.7. The van der Waals surface area contributed by atoms with E-state index in [1.165, 1.54) is 11.1 Å². The van der Waals surface area contributed by atoms with Gasteiger partial charge in [0.05, 0.1) is 6.33 Å². The van der Waals surface area contributed by atoms with Crippen LogP contribution >= 0.6 is 43.6 Å². The normalized spacial score (nSPS) is 13.5. The van der Waals surface area contributed by atoms with E-state index in [4.69, 9.17) is 0 Å². The average molecular weight is 494 g/mol. The minimum atomic E-state index is 0.140. The molecule has 0 aliphatic heterocycles. The first kappa shape index (κ1) is 19.7. The van der Waals surface area contributed by atoms with Crippen LogP contribution in [0.15, 0.2) is 76.2 Å². The van der Waals surface area contributed by atoms with Gasteiger partial charge in [0.25, 0.3) is 0 Å². The molecule has 0 N–H and O–H groups in total. The number of aryl methyl sites for hydroxylation is 1. The van der Waals surface area contributed by atoms with Gasteiger partial charge in [-0.1, -0.05) is 56.1 Å². The fourth-order valence-corrected chi connectivity index (χ4v) is 4.58. The Morgan fingerprint density at radius 1 is 0.962 bits per heavy atom. The second-order valence-corrected chi connectivity index (χ2v) is 10.1. The Hall–Kier alpha value is -1.04. The summed E-state index contributed by atoms with van der Waals surface area (Å²) in [6.45, 7) is 3.33. The highest BCUT2D eigenvalue weighted by Crippen LogP contribution is 2.35. The summed E-state index contributed by atoms with van der Waals surface area (Å²) in [6.07, 6.45) is 8.02. The lowest BCUT2D eigenvalue weighted by atomic mass is 10.00. The van der Waals surface area contributed by atoms with Crippen molar-refractivity contribution >= 4 is 43.6 Å². The van der Waals surface area contributed by atoms with E-state index < -0.39 is 0 Å². The number of benzene rings is 2. The van der Waals surface area contributed by atoms with Crippen LogP contribution in [0.1, 0.15) is 24.5 Å². The van der Waals surface area contributed by atoms with E-state index in [2.05, 4.69) is 103 Å². The van der Waals surface area contributed by atoms with Crippen LogP contribution in [0.4, 0.5) is 0 Å². The van der Waals surface area contributed by atoms with Gasteiger partial charge in [0.1, 0.15) is 0 Å². The van der Waals surface area contributed by atoms with Crippen molar-refractivity contribution in [2.24, 2.45) is 0 Å².